The summed E-state index contributed by atoms with van der Waals surface area (Å²) in [6.07, 6.45) is 3.66. The van der Waals surface area contributed by atoms with Crippen LogP contribution < -0.4 is 5.32 Å². The van der Waals surface area contributed by atoms with Crippen molar-refractivity contribution in [2.45, 2.75) is 50.6 Å². The topological polar surface area (TPSA) is 32.3 Å². The molecule has 1 aliphatic carbocycles. The smallest absolute Gasteiger partial charge is 0.240 e. The Kier molecular flexibility index (Phi) is 3.71. The van der Waals surface area contributed by atoms with Crippen molar-refractivity contribution in [2.24, 2.45) is 0 Å². The maximum absolute atomic E-state index is 13.4. The molecule has 0 atom stereocenters. The van der Waals surface area contributed by atoms with Gasteiger partial charge in [-0.3, -0.25) is 9.69 Å². The molecule has 3 nitrogen and oxygen atoms in total. The fourth-order valence-electron chi connectivity index (χ4n) is 3.23. The summed E-state index contributed by atoms with van der Waals surface area (Å²) in [5.41, 5.74) is -0.676. The minimum atomic E-state index is -0.602. The van der Waals surface area contributed by atoms with Crippen molar-refractivity contribution in [3.05, 3.63) is 35.4 Å². The number of hydrogen-bond donors (Lipinski definition) is 1. The minimum Gasteiger partial charge on any atom is -0.345 e. The molecule has 1 amide bonds. The zero-order valence-corrected chi connectivity index (χ0v) is 13.1. The van der Waals surface area contributed by atoms with Crippen LogP contribution >= 0.6 is 0 Å². The number of rotatable bonds is 4. The van der Waals surface area contributed by atoms with Gasteiger partial charge >= 0.3 is 0 Å². The Hall–Kier alpha value is -1.49. The molecule has 1 heterocycles. The molecule has 1 N–H and O–H groups in total. The van der Waals surface area contributed by atoms with Gasteiger partial charge in [0.15, 0.2) is 0 Å². The summed E-state index contributed by atoms with van der Waals surface area (Å²) < 4.78 is 26.9. The molecule has 2 fully saturated rings. The van der Waals surface area contributed by atoms with Gasteiger partial charge in [0, 0.05) is 6.07 Å². The van der Waals surface area contributed by atoms with Gasteiger partial charge in [0.05, 0.1) is 11.1 Å². The van der Waals surface area contributed by atoms with E-state index in [2.05, 4.69) is 10.2 Å². The second-order valence-electron chi connectivity index (χ2n) is 6.95. The first-order valence-corrected chi connectivity index (χ1v) is 7.88. The lowest BCUT2D eigenvalue weighted by Crippen LogP contribution is -2.56. The van der Waals surface area contributed by atoms with Crippen LogP contribution in [-0.4, -0.2) is 29.4 Å². The molecule has 5 heteroatoms. The first-order chi connectivity index (χ1) is 10.3. The summed E-state index contributed by atoms with van der Waals surface area (Å²) >= 11 is 0. The van der Waals surface area contributed by atoms with Crippen molar-refractivity contribution in [1.29, 1.82) is 0 Å². The Balaban J connectivity index is 1.78. The van der Waals surface area contributed by atoms with E-state index in [0.717, 1.165) is 44.8 Å². The van der Waals surface area contributed by atoms with Crippen molar-refractivity contribution >= 4 is 5.91 Å². The SMILES string of the molecule is CC(C)(C(=O)NC1(c2cc(F)cc(F)c2)CC1)N1CCCC1. The van der Waals surface area contributed by atoms with E-state index < -0.39 is 22.7 Å². The zero-order valence-electron chi connectivity index (χ0n) is 13.1. The average Bonchev–Trinajstić information content (AvgIpc) is 3.00. The monoisotopic (exact) mass is 308 g/mol. The number of hydrogen-bond acceptors (Lipinski definition) is 2. The largest absolute Gasteiger partial charge is 0.345 e. The minimum absolute atomic E-state index is 0.0726. The summed E-state index contributed by atoms with van der Waals surface area (Å²) in [7, 11) is 0. The van der Waals surface area contributed by atoms with Crippen LogP contribution in [0.4, 0.5) is 8.78 Å². The van der Waals surface area contributed by atoms with Crippen LogP contribution in [0.5, 0.6) is 0 Å². The zero-order chi connectivity index (χ0) is 16.0. The van der Waals surface area contributed by atoms with Gasteiger partial charge in [-0.25, -0.2) is 8.78 Å². The van der Waals surface area contributed by atoms with E-state index in [0.29, 0.717) is 5.56 Å². The molecule has 22 heavy (non-hydrogen) atoms. The Morgan fingerprint density at radius 3 is 2.18 bits per heavy atom. The summed E-state index contributed by atoms with van der Waals surface area (Å²) in [5.74, 6) is -1.28. The van der Waals surface area contributed by atoms with Crippen LogP contribution in [0.15, 0.2) is 18.2 Å². The van der Waals surface area contributed by atoms with Crippen molar-refractivity contribution in [3.63, 3.8) is 0 Å². The predicted molar refractivity (Wildman–Crippen MR) is 80.3 cm³/mol. The molecule has 0 spiro atoms. The van der Waals surface area contributed by atoms with Gasteiger partial charge in [-0.05, 0) is 70.3 Å². The van der Waals surface area contributed by atoms with E-state index >= 15 is 0 Å². The van der Waals surface area contributed by atoms with Gasteiger partial charge in [-0.2, -0.15) is 0 Å². The third-order valence-electron chi connectivity index (χ3n) is 4.97. The van der Waals surface area contributed by atoms with Gasteiger partial charge < -0.3 is 5.32 Å². The second-order valence-corrected chi connectivity index (χ2v) is 6.95. The molecule has 1 saturated carbocycles. The van der Waals surface area contributed by atoms with Gasteiger partial charge in [0.25, 0.3) is 0 Å². The number of amides is 1. The number of benzene rings is 1. The van der Waals surface area contributed by atoms with Crippen LogP contribution in [0, 0.1) is 11.6 Å². The molecule has 1 aromatic rings. The summed E-state index contributed by atoms with van der Waals surface area (Å²) in [6, 6.07) is 3.49. The predicted octanol–water partition coefficient (Wildman–Crippen LogP) is 2.94. The maximum Gasteiger partial charge on any atom is 0.240 e. The van der Waals surface area contributed by atoms with E-state index in [-0.39, 0.29) is 5.91 Å². The number of halogens is 2. The quantitative estimate of drug-likeness (QED) is 0.927. The van der Waals surface area contributed by atoms with Crippen LogP contribution in [-0.2, 0) is 10.3 Å². The highest BCUT2D eigenvalue weighted by Gasteiger charge is 2.49. The first-order valence-electron chi connectivity index (χ1n) is 7.88. The van der Waals surface area contributed by atoms with E-state index in [4.69, 9.17) is 0 Å². The molecule has 0 bridgehead atoms. The fraction of sp³-hybridized carbons (Fsp3) is 0.588. The highest BCUT2D eigenvalue weighted by molar-refractivity contribution is 5.86. The molecule has 2 aliphatic rings. The van der Waals surface area contributed by atoms with Crippen molar-refractivity contribution in [1.82, 2.24) is 10.2 Å². The number of carbonyl (C=O) groups is 1. The third kappa shape index (κ3) is 2.74. The Bertz CT molecular complexity index is 570. The number of likely N-dealkylation sites (tertiary alicyclic amines) is 1. The molecular formula is C17H22F2N2O. The van der Waals surface area contributed by atoms with Gasteiger partial charge in [0.1, 0.15) is 11.6 Å². The molecule has 3 rings (SSSR count). The first kappa shape index (κ1) is 15.4. The molecular weight excluding hydrogens is 286 g/mol. The molecule has 0 unspecified atom stereocenters. The van der Waals surface area contributed by atoms with Crippen LogP contribution in [0.3, 0.4) is 0 Å². The lowest BCUT2D eigenvalue weighted by molar-refractivity contribution is -0.132. The Labute approximate surface area is 129 Å². The second kappa shape index (κ2) is 5.30. The van der Waals surface area contributed by atoms with Crippen molar-refractivity contribution in [3.8, 4) is 0 Å². The summed E-state index contributed by atoms with van der Waals surface area (Å²) in [4.78, 5) is 14.9. The lowest BCUT2D eigenvalue weighted by atomic mass is 9.98. The summed E-state index contributed by atoms with van der Waals surface area (Å²) in [5, 5.41) is 3.04. The molecule has 0 aromatic heterocycles. The van der Waals surface area contributed by atoms with Gasteiger partial charge in [0.2, 0.25) is 5.91 Å². The molecule has 1 aromatic carbocycles. The number of nitrogens with one attached hydrogen (secondary N) is 1. The van der Waals surface area contributed by atoms with Crippen LogP contribution in [0.1, 0.15) is 45.1 Å². The fourth-order valence-corrected chi connectivity index (χ4v) is 3.23. The van der Waals surface area contributed by atoms with Crippen LogP contribution in [0.2, 0.25) is 0 Å². The number of nitrogens with zero attached hydrogens (tertiary/aromatic N) is 1. The molecule has 0 radical (unpaired) electrons. The third-order valence-corrected chi connectivity index (χ3v) is 4.97. The molecule has 120 valence electrons. The molecule has 1 aliphatic heterocycles. The van der Waals surface area contributed by atoms with E-state index in [1.54, 1.807) is 0 Å². The van der Waals surface area contributed by atoms with Crippen molar-refractivity contribution in [2.75, 3.05) is 13.1 Å². The summed E-state index contributed by atoms with van der Waals surface area (Å²) in [6.45, 7) is 5.66. The maximum atomic E-state index is 13.4. The van der Waals surface area contributed by atoms with Gasteiger partial charge in [-0.15, -0.1) is 0 Å². The lowest BCUT2D eigenvalue weighted by Gasteiger charge is -2.35. The average molecular weight is 308 g/mol. The van der Waals surface area contributed by atoms with Crippen molar-refractivity contribution < 1.29 is 13.6 Å². The van der Waals surface area contributed by atoms with Gasteiger partial charge in [-0.1, -0.05) is 0 Å². The Morgan fingerprint density at radius 2 is 1.68 bits per heavy atom. The normalized spacial score (nSPS) is 20.9. The van der Waals surface area contributed by atoms with E-state index in [1.165, 1.54) is 12.1 Å². The highest BCUT2D eigenvalue weighted by atomic mass is 19.1. The standard InChI is InChI=1S/C17H22F2N2O/c1-16(2,21-7-3-4-8-21)15(22)20-17(5-6-17)12-9-13(18)11-14(19)10-12/h9-11H,3-8H2,1-2H3,(H,20,22). The van der Waals surface area contributed by atoms with Crippen LogP contribution in [0.25, 0.3) is 0 Å². The van der Waals surface area contributed by atoms with E-state index in [9.17, 15) is 13.6 Å². The number of carbonyl (C=O) groups excluding carboxylic acids is 1. The Morgan fingerprint density at radius 1 is 1.14 bits per heavy atom. The highest BCUT2D eigenvalue weighted by Crippen LogP contribution is 2.46. The molecule has 1 saturated heterocycles. The van der Waals surface area contributed by atoms with E-state index in [1.807, 2.05) is 13.8 Å².